The van der Waals surface area contributed by atoms with E-state index in [9.17, 15) is 13.2 Å². The second kappa shape index (κ2) is 9.51. The number of aromatic nitrogens is 1. The van der Waals surface area contributed by atoms with Crippen molar-refractivity contribution in [2.45, 2.75) is 49.3 Å². The summed E-state index contributed by atoms with van der Waals surface area (Å²) in [6.45, 7) is 7.19. The average molecular weight is 490 g/mol. The molecule has 1 amide bonds. The Bertz CT molecular complexity index is 1240. The summed E-state index contributed by atoms with van der Waals surface area (Å²) in [5, 5.41) is 3.01. The van der Waals surface area contributed by atoms with Gasteiger partial charge in [-0.3, -0.25) is 4.79 Å². The lowest BCUT2D eigenvalue weighted by molar-refractivity contribution is -0.113. The van der Waals surface area contributed by atoms with Crippen LogP contribution >= 0.6 is 23.1 Å². The quantitative estimate of drug-likeness (QED) is 0.486. The number of anilines is 1. The monoisotopic (exact) mass is 489 g/mol. The highest BCUT2D eigenvalue weighted by molar-refractivity contribution is 8.01. The van der Waals surface area contributed by atoms with Gasteiger partial charge in [0.2, 0.25) is 15.9 Å². The van der Waals surface area contributed by atoms with Crippen LogP contribution in [0.2, 0.25) is 0 Å². The number of thioether (sulfide) groups is 1. The van der Waals surface area contributed by atoms with Crippen molar-refractivity contribution in [1.29, 1.82) is 0 Å². The van der Waals surface area contributed by atoms with Gasteiger partial charge in [-0.15, -0.1) is 11.3 Å². The van der Waals surface area contributed by atoms with Gasteiger partial charge in [-0.2, -0.15) is 4.31 Å². The van der Waals surface area contributed by atoms with Crippen molar-refractivity contribution in [3.63, 3.8) is 0 Å². The van der Waals surface area contributed by atoms with Crippen LogP contribution in [0.25, 0.3) is 10.2 Å². The molecule has 4 rings (SSSR count). The molecule has 0 saturated carbocycles. The smallest absolute Gasteiger partial charge is 0.243 e. The van der Waals surface area contributed by atoms with Crippen LogP contribution in [0.1, 0.15) is 36.0 Å². The van der Waals surface area contributed by atoms with Crippen LogP contribution < -0.4 is 5.32 Å². The lowest BCUT2D eigenvalue weighted by atomic mass is 10.1. The molecule has 0 atom stereocenters. The molecule has 2 aromatic carbocycles. The molecule has 9 heteroatoms. The van der Waals surface area contributed by atoms with Crippen molar-refractivity contribution in [3.05, 3.63) is 47.0 Å². The summed E-state index contributed by atoms with van der Waals surface area (Å²) < 4.78 is 29.1. The fourth-order valence-corrected chi connectivity index (χ4v) is 7.57. The molecule has 170 valence electrons. The summed E-state index contributed by atoms with van der Waals surface area (Å²) in [5.74, 6) is 0.156. The van der Waals surface area contributed by atoms with Crippen LogP contribution in [0.15, 0.2) is 39.6 Å². The van der Waals surface area contributed by atoms with Crippen LogP contribution in [0, 0.1) is 20.8 Å². The van der Waals surface area contributed by atoms with Gasteiger partial charge in [0, 0.05) is 18.8 Å². The minimum atomic E-state index is -3.47. The third-order valence-corrected chi connectivity index (χ3v) is 9.62. The Morgan fingerprint density at radius 1 is 1.09 bits per heavy atom. The Balaban J connectivity index is 1.45. The molecule has 1 fully saturated rings. The lowest BCUT2D eigenvalue weighted by Crippen LogP contribution is -2.35. The van der Waals surface area contributed by atoms with Gasteiger partial charge in [-0.1, -0.05) is 35.9 Å². The Hall–Kier alpha value is -1.94. The van der Waals surface area contributed by atoms with Gasteiger partial charge in [-0.05, 0) is 62.9 Å². The van der Waals surface area contributed by atoms with Gasteiger partial charge in [-0.25, -0.2) is 13.4 Å². The van der Waals surface area contributed by atoms with Crippen molar-refractivity contribution in [2.75, 3.05) is 24.2 Å². The zero-order valence-electron chi connectivity index (χ0n) is 18.5. The molecule has 0 aliphatic carbocycles. The van der Waals surface area contributed by atoms with E-state index in [1.54, 1.807) is 22.5 Å². The molecule has 0 radical (unpaired) electrons. The first-order valence-corrected chi connectivity index (χ1v) is 13.9. The third-order valence-electron chi connectivity index (χ3n) is 5.56. The van der Waals surface area contributed by atoms with Crippen LogP contribution in [0.5, 0.6) is 0 Å². The van der Waals surface area contributed by atoms with Crippen LogP contribution in [-0.2, 0) is 14.8 Å². The first kappa shape index (κ1) is 23.2. The molecular formula is C23H27N3O3S3. The normalized spacial score (nSPS) is 15.2. The van der Waals surface area contributed by atoms with Gasteiger partial charge in [0.15, 0.2) is 4.34 Å². The highest BCUT2D eigenvalue weighted by atomic mass is 32.2. The number of rotatable bonds is 6. The zero-order valence-corrected chi connectivity index (χ0v) is 20.9. The maximum atomic E-state index is 13.0. The number of piperidine rings is 1. The third kappa shape index (κ3) is 5.01. The second-order valence-corrected chi connectivity index (χ2v) is 12.4. The van der Waals surface area contributed by atoms with E-state index in [0.29, 0.717) is 18.0 Å². The molecule has 6 nitrogen and oxygen atoms in total. The summed E-state index contributed by atoms with van der Waals surface area (Å²) in [7, 11) is -3.47. The molecule has 1 saturated heterocycles. The highest BCUT2D eigenvalue weighted by Gasteiger charge is 2.26. The van der Waals surface area contributed by atoms with Gasteiger partial charge in [0.25, 0.3) is 0 Å². The van der Waals surface area contributed by atoms with Crippen molar-refractivity contribution < 1.29 is 13.2 Å². The van der Waals surface area contributed by atoms with E-state index in [4.69, 9.17) is 0 Å². The van der Waals surface area contributed by atoms with E-state index in [2.05, 4.69) is 22.4 Å². The lowest BCUT2D eigenvalue weighted by Gasteiger charge is -2.25. The van der Waals surface area contributed by atoms with Crippen LogP contribution in [0.3, 0.4) is 0 Å². The standard InChI is InChI=1S/C23H27N3O3S3/c1-15-11-16(2)22(17(3)12-15)25-21(27)14-30-23-24-19-8-7-18(13-20(19)31-23)32(28,29)26-9-5-4-6-10-26/h7-8,11-13H,4-6,9-10,14H2,1-3H3,(H,25,27). The van der Waals surface area contributed by atoms with E-state index < -0.39 is 10.0 Å². The van der Waals surface area contributed by atoms with E-state index in [-0.39, 0.29) is 11.7 Å². The summed E-state index contributed by atoms with van der Waals surface area (Å²) in [5.41, 5.74) is 4.87. The van der Waals surface area contributed by atoms with Crippen LogP contribution in [-0.4, -0.2) is 42.5 Å². The maximum Gasteiger partial charge on any atom is 0.243 e. The number of carbonyl (C=O) groups excluding carboxylic acids is 1. The number of nitrogens with zero attached hydrogens (tertiary/aromatic N) is 2. The average Bonchev–Trinajstić information content (AvgIpc) is 3.17. The van der Waals surface area contributed by atoms with E-state index in [0.717, 1.165) is 50.6 Å². The molecule has 0 bridgehead atoms. The second-order valence-electron chi connectivity index (χ2n) is 8.18. The zero-order chi connectivity index (χ0) is 22.9. The predicted molar refractivity (Wildman–Crippen MR) is 132 cm³/mol. The van der Waals surface area contributed by atoms with Crippen molar-refractivity contribution in [2.24, 2.45) is 0 Å². The number of nitrogens with one attached hydrogen (secondary N) is 1. The fourth-order valence-electron chi connectivity index (χ4n) is 4.04. The van der Waals surface area contributed by atoms with Gasteiger partial charge >= 0.3 is 0 Å². The molecule has 0 unspecified atom stereocenters. The highest BCUT2D eigenvalue weighted by Crippen LogP contribution is 2.32. The number of fused-ring (bicyclic) bond motifs is 1. The van der Waals surface area contributed by atoms with E-state index >= 15 is 0 Å². The van der Waals surface area contributed by atoms with E-state index in [1.807, 2.05) is 20.8 Å². The maximum absolute atomic E-state index is 13.0. The van der Waals surface area contributed by atoms with E-state index in [1.165, 1.54) is 28.7 Å². The number of hydrogen-bond donors (Lipinski definition) is 1. The molecule has 1 aliphatic rings. The predicted octanol–water partition coefficient (Wildman–Crippen LogP) is 5.13. The molecule has 3 aromatic rings. The van der Waals surface area contributed by atoms with Crippen LogP contribution in [0.4, 0.5) is 5.69 Å². The first-order valence-electron chi connectivity index (χ1n) is 10.7. The summed E-state index contributed by atoms with van der Waals surface area (Å²) in [6, 6.07) is 9.21. The van der Waals surface area contributed by atoms with Gasteiger partial charge < -0.3 is 5.32 Å². The molecule has 32 heavy (non-hydrogen) atoms. The molecular weight excluding hydrogens is 462 g/mol. The molecule has 1 N–H and O–H groups in total. The molecule has 2 heterocycles. The Morgan fingerprint density at radius 3 is 2.47 bits per heavy atom. The first-order chi connectivity index (χ1) is 15.2. The van der Waals surface area contributed by atoms with Crippen molar-refractivity contribution >= 4 is 54.9 Å². The molecule has 0 spiro atoms. The minimum absolute atomic E-state index is 0.0855. The number of amides is 1. The minimum Gasteiger partial charge on any atom is -0.325 e. The summed E-state index contributed by atoms with van der Waals surface area (Å²) in [6.07, 6.45) is 2.90. The van der Waals surface area contributed by atoms with Gasteiger partial charge in [0.1, 0.15) is 0 Å². The Morgan fingerprint density at radius 2 is 1.78 bits per heavy atom. The number of aryl methyl sites for hydroxylation is 3. The Labute approximate surface area is 197 Å². The number of sulfonamides is 1. The number of thiazole rings is 1. The van der Waals surface area contributed by atoms with Crippen molar-refractivity contribution in [3.8, 4) is 0 Å². The SMILES string of the molecule is Cc1cc(C)c(NC(=O)CSc2nc3ccc(S(=O)(=O)N4CCCCC4)cc3s2)c(C)c1. The number of carbonyl (C=O) groups is 1. The summed E-state index contributed by atoms with van der Waals surface area (Å²) >= 11 is 2.78. The largest absolute Gasteiger partial charge is 0.325 e. The molecule has 1 aliphatic heterocycles. The molecule has 1 aromatic heterocycles. The van der Waals surface area contributed by atoms with Crippen molar-refractivity contribution in [1.82, 2.24) is 9.29 Å². The Kier molecular flexibility index (Phi) is 6.90. The number of benzene rings is 2. The topological polar surface area (TPSA) is 79.4 Å². The fraction of sp³-hybridized carbons (Fsp3) is 0.391. The summed E-state index contributed by atoms with van der Waals surface area (Å²) in [4.78, 5) is 17.4. The van der Waals surface area contributed by atoms with Gasteiger partial charge in [0.05, 0.1) is 20.9 Å². The number of hydrogen-bond acceptors (Lipinski definition) is 6.